The standard InChI is InChI=1S/C10H13FN4O3S/c11-4-1-15(9(19)14-7(4)12)8-10(3-13-10)6(17)5(2-16)18-8/h1,5-6,8,13,16-17H,2-3H2,(H2,12,14,19)/t5-,6+,8-,10?/m1/s1. The Kier molecular flexibility index (Phi) is 2.84. The summed E-state index contributed by atoms with van der Waals surface area (Å²) in [6.45, 7) is 0.155. The second-order valence-corrected chi connectivity index (χ2v) is 5.08. The lowest BCUT2D eigenvalue weighted by atomic mass is 10.00. The topological polar surface area (TPSA) is 115 Å². The molecule has 2 saturated heterocycles. The Morgan fingerprint density at radius 1 is 1.74 bits per heavy atom. The van der Waals surface area contributed by atoms with E-state index in [1.54, 1.807) is 0 Å². The molecule has 1 aromatic rings. The van der Waals surface area contributed by atoms with Crippen LogP contribution in [0.25, 0.3) is 0 Å². The number of aliphatic hydroxyl groups is 2. The highest BCUT2D eigenvalue weighted by molar-refractivity contribution is 7.71. The first-order valence-electron chi connectivity index (χ1n) is 5.73. The number of hydrogen-bond donors (Lipinski definition) is 4. The van der Waals surface area contributed by atoms with Crippen LogP contribution in [0.2, 0.25) is 0 Å². The predicted octanol–water partition coefficient (Wildman–Crippen LogP) is -1.07. The average molecular weight is 288 g/mol. The van der Waals surface area contributed by atoms with Gasteiger partial charge in [-0.05, 0) is 12.2 Å². The number of anilines is 1. The third kappa shape index (κ3) is 1.77. The zero-order valence-corrected chi connectivity index (χ0v) is 10.6. The number of aromatic nitrogens is 2. The smallest absolute Gasteiger partial charge is 0.203 e. The molecule has 3 heterocycles. The molecule has 0 saturated carbocycles. The molecule has 104 valence electrons. The number of hydrogen-bond acceptors (Lipinski definition) is 7. The molecular weight excluding hydrogens is 275 g/mol. The summed E-state index contributed by atoms with van der Waals surface area (Å²) in [5.74, 6) is -0.994. The maximum atomic E-state index is 13.5. The Balaban J connectivity index is 2.04. The summed E-state index contributed by atoms with van der Waals surface area (Å²) >= 11 is 5.03. The summed E-state index contributed by atoms with van der Waals surface area (Å²) in [6.07, 6.45) is -1.27. The molecule has 7 nitrogen and oxygen atoms in total. The number of nitrogens with two attached hydrogens (primary N) is 1. The number of halogens is 1. The molecule has 0 amide bonds. The zero-order valence-electron chi connectivity index (χ0n) is 9.78. The lowest BCUT2D eigenvalue weighted by Crippen LogP contribution is -2.39. The number of rotatable bonds is 2. The minimum Gasteiger partial charge on any atom is -0.394 e. The molecule has 1 unspecified atom stereocenters. The maximum Gasteiger partial charge on any atom is 0.203 e. The molecule has 4 atom stereocenters. The van der Waals surface area contributed by atoms with Crippen molar-refractivity contribution in [1.29, 1.82) is 0 Å². The van der Waals surface area contributed by atoms with E-state index in [0.29, 0.717) is 6.54 Å². The second-order valence-electron chi connectivity index (χ2n) is 4.71. The summed E-state index contributed by atoms with van der Waals surface area (Å²) in [7, 11) is 0. The first-order chi connectivity index (χ1) is 8.99. The van der Waals surface area contributed by atoms with Crippen LogP contribution in [-0.2, 0) is 4.74 Å². The first-order valence-corrected chi connectivity index (χ1v) is 6.14. The molecular formula is C10H13FN4O3S. The Hall–Kier alpha value is -1.13. The molecule has 19 heavy (non-hydrogen) atoms. The van der Waals surface area contributed by atoms with Crippen molar-refractivity contribution < 1.29 is 19.3 Å². The minimum atomic E-state index is -0.898. The molecule has 0 bridgehead atoms. The van der Waals surface area contributed by atoms with Gasteiger partial charge in [0.15, 0.2) is 17.9 Å². The van der Waals surface area contributed by atoms with Gasteiger partial charge in [-0.1, -0.05) is 0 Å². The average Bonchev–Trinajstić information content (AvgIpc) is 3.11. The van der Waals surface area contributed by atoms with Crippen molar-refractivity contribution >= 4 is 18.0 Å². The molecule has 1 spiro atoms. The van der Waals surface area contributed by atoms with E-state index in [-0.39, 0.29) is 17.2 Å². The van der Waals surface area contributed by atoms with Crippen LogP contribution in [0.1, 0.15) is 6.23 Å². The first kappa shape index (κ1) is 12.9. The van der Waals surface area contributed by atoms with Crippen LogP contribution < -0.4 is 11.1 Å². The van der Waals surface area contributed by atoms with Gasteiger partial charge in [0.1, 0.15) is 17.7 Å². The van der Waals surface area contributed by atoms with Crippen LogP contribution in [0.3, 0.4) is 0 Å². The molecule has 2 fully saturated rings. The second kappa shape index (κ2) is 4.18. The number of aliphatic hydroxyl groups excluding tert-OH is 2. The normalized spacial score (nSPS) is 36.9. The van der Waals surface area contributed by atoms with Crippen molar-refractivity contribution in [1.82, 2.24) is 14.9 Å². The van der Waals surface area contributed by atoms with Crippen molar-refractivity contribution in [3.05, 3.63) is 16.8 Å². The third-order valence-corrected chi connectivity index (χ3v) is 3.88. The molecule has 3 rings (SSSR count). The zero-order chi connectivity index (χ0) is 13.8. The quantitative estimate of drug-likeness (QED) is 0.404. The lowest BCUT2D eigenvalue weighted by Gasteiger charge is -2.20. The molecule has 0 aliphatic carbocycles. The van der Waals surface area contributed by atoms with Crippen LogP contribution in [0.15, 0.2) is 6.20 Å². The van der Waals surface area contributed by atoms with Gasteiger partial charge in [-0.15, -0.1) is 0 Å². The van der Waals surface area contributed by atoms with Crippen LogP contribution in [0, 0.1) is 10.6 Å². The Morgan fingerprint density at radius 3 is 3.00 bits per heavy atom. The van der Waals surface area contributed by atoms with E-state index >= 15 is 0 Å². The molecule has 0 radical (unpaired) electrons. The molecule has 5 N–H and O–H groups in total. The number of ether oxygens (including phenoxy) is 1. The minimum absolute atomic E-state index is 0.0581. The van der Waals surface area contributed by atoms with E-state index in [9.17, 15) is 14.6 Å². The lowest BCUT2D eigenvalue weighted by molar-refractivity contribution is -0.0466. The summed E-state index contributed by atoms with van der Waals surface area (Å²) < 4.78 is 20.4. The third-order valence-electron chi connectivity index (χ3n) is 3.58. The summed E-state index contributed by atoms with van der Waals surface area (Å²) in [6, 6.07) is 0. The van der Waals surface area contributed by atoms with Gasteiger partial charge in [-0.2, -0.15) is 4.98 Å². The predicted molar refractivity (Wildman–Crippen MR) is 65.2 cm³/mol. The van der Waals surface area contributed by atoms with Crippen molar-refractivity contribution in [3.8, 4) is 0 Å². The fourth-order valence-electron chi connectivity index (χ4n) is 2.41. The molecule has 0 aromatic carbocycles. The highest BCUT2D eigenvalue weighted by Gasteiger charge is 2.64. The highest BCUT2D eigenvalue weighted by Crippen LogP contribution is 2.44. The molecule has 2 aliphatic heterocycles. The molecule has 2 aliphatic rings. The molecule has 1 aromatic heterocycles. The van der Waals surface area contributed by atoms with Gasteiger partial charge in [-0.3, -0.25) is 4.57 Å². The monoisotopic (exact) mass is 288 g/mol. The van der Waals surface area contributed by atoms with Crippen LogP contribution >= 0.6 is 12.2 Å². The van der Waals surface area contributed by atoms with E-state index in [1.165, 1.54) is 4.57 Å². The summed E-state index contributed by atoms with van der Waals surface area (Å²) in [5.41, 5.74) is 4.59. The number of nitrogen functional groups attached to an aromatic ring is 1. The fourth-order valence-corrected chi connectivity index (χ4v) is 2.65. The largest absolute Gasteiger partial charge is 0.394 e. The Morgan fingerprint density at radius 2 is 2.42 bits per heavy atom. The fraction of sp³-hybridized carbons (Fsp3) is 0.600. The number of nitrogens with zero attached hydrogens (tertiary/aromatic N) is 2. The highest BCUT2D eigenvalue weighted by atomic mass is 32.1. The van der Waals surface area contributed by atoms with E-state index < -0.39 is 29.8 Å². The number of nitrogens with one attached hydrogen (secondary N) is 1. The van der Waals surface area contributed by atoms with Gasteiger partial charge < -0.3 is 26.0 Å². The van der Waals surface area contributed by atoms with E-state index in [1.807, 2.05) is 0 Å². The molecule has 9 heteroatoms. The van der Waals surface area contributed by atoms with E-state index in [2.05, 4.69) is 10.3 Å². The van der Waals surface area contributed by atoms with E-state index in [4.69, 9.17) is 22.7 Å². The van der Waals surface area contributed by atoms with Crippen molar-refractivity contribution in [2.75, 3.05) is 18.9 Å². The van der Waals surface area contributed by atoms with Crippen molar-refractivity contribution in [2.24, 2.45) is 0 Å². The van der Waals surface area contributed by atoms with Crippen LogP contribution in [0.5, 0.6) is 0 Å². The Labute approximate surface area is 112 Å². The van der Waals surface area contributed by atoms with Gasteiger partial charge in [0.2, 0.25) is 4.77 Å². The van der Waals surface area contributed by atoms with Gasteiger partial charge in [0.25, 0.3) is 0 Å². The maximum absolute atomic E-state index is 13.5. The van der Waals surface area contributed by atoms with Gasteiger partial charge in [0, 0.05) is 12.7 Å². The van der Waals surface area contributed by atoms with Gasteiger partial charge in [-0.25, -0.2) is 4.39 Å². The van der Waals surface area contributed by atoms with E-state index in [0.717, 1.165) is 6.20 Å². The summed E-state index contributed by atoms with van der Waals surface area (Å²) in [4.78, 5) is 3.72. The summed E-state index contributed by atoms with van der Waals surface area (Å²) in [5, 5.41) is 22.3. The van der Waals surface area contributed by atoms with Crippen molar-refractivity contribution in [3.63, 3.8) is 0 Å². The van der Waals surface area contributed by atoms with Crippen molar-refractivity contribution in [2.45, 2.75) is 24.0 Å². The van der Waals surface area contributed by atoms with Crippen LogP contribution in [-0.4, -0.2) is 50.7 Å². The van der Waals surface area contributed by atoms with Gasteiger partial charge in [0.05, 0.1) is 6.61 Å². The van der Waals surface area contributed by atoms with Crippen LogP contribution in [0.4, 0.5) is 10.2 Å². The SMILES string of the molecule is Nc1nc(=S)n([C@@H]2O[C@H](CO)[C@H](O)C23CN3)cc1F. The van der Waals surface area contributed by atoms with Gasteiger partial charge >= 0.3 is 0 Å². The Bertz CT molecular complexity index is 576.